The number of aromatic nitrogens is 3. The molecule has 0 amide bonds. The maximum Gasteiger partial charge on any atom is 0.132 e. The minimum absolute atomic E-state index is 0.837. The zero-order chi connectivity index (χ0) is 14.4. The van der Waals surface area contributed by atoms with E-state index in [9.17, 15) is 0 Å². The Morgan fingerprint density at radius 2 is 1.62 bits per heavy atom. The Morgan fingerprint density at radius 3 is 2.33 bits per heavy atom. The number of fused-ring (bicyclic) bond motifs is 4. The van der Waals surface area contributed by atoms with Gasteiger partial charge in [-0.15, -0.1) is 0 Å². The molecule has 2 heterocycles. The van der Waals surface area contributed by atoms with Crippen LogP contribution in [0.1, 0.15) is 5.56 Å². The number of benzene rings is 2. The monoisotopic (exact) mass is 275 g/mol. The highest BCUT2D eigenvalue weighted by atomic mass is 16.5. The number of hydrogen-bond donors (Lipinski definition) is 0. The highest BCUT2D eigenvalue weighted by molar-refractivity contribution is 6.10. The van der Waals surface area contributed by atoms with Crippen LogP contribution in [0.3, 0.4) is 0 Å². The normalized spacial score (nSPS) is 11.3. The summed E-state index contributed by atoms with van der Waals surface area (Å²) in [6.45, 7) is 2.02. The predicted molar refractivity (Wildman–Crippen MR) is 83.6 cm³/mol. The molecule has 0 bridgehead atoms. The number of methoxy groups -OCH3 is 1. The highest BCUT2D eigenvalue weighted by Crippen LogP contribution is 2.35. The molecule has 0 unspecified atom stereocenters. The van der Waals surface area contributed by atoms with Crippen molar-refractivity contribution in [3.63, 3.8) is 0 Å². The molecule has 2 aromatic carbocycles. The van der Waals surface area contributed by atoms with Gasteiger partial charge in [0.1, 0.15) is 5.75 Å². The van der Waals surface area contributed by atoms with Crippen LogP contribution in [0, 0.1) is 6.92 Å². The maximum atomic E-state index is 5.58. The fourth-order valence-electron chi connectivity index (χ4n) is 2.80. The van der Waals surface area contributed by atoms with E-state index in [4.69, 9.17) is 14.7 Å². The third kappa shape index (κ3) is 1.65. The first-order valence-corrected chi connectivity index (χ1v) is 6.76. The Bertz CT molecular complexity index is 995. The first kappa shape index (κ1) is 12.0. The standard InChI is InChI=1S/C17H13N3O/c1-10-15-16(20-14-6-4-3-5-13(14)19-15)12-9-18-8-7-11(12)17(10)21-2/h3-9H,1-2H3. The third-order valence-electron chi connectivity index (χ3n) is 3.79. The first-order valence-electron chi connectivity index (χ1n) is 6.76. The molecule has 0 fully saturated rings. The number of aryl methyl sites for hydroxylation is 1. The summed E-state index contributed by atoms with van der Waals surface area (Å²) < 4.78 is 5.58. The second-order valence-electron chi connectivity index (χ2n) is 4.99. The van der Waals surface area contributed by atoms with Gasteiger partial charge in [-0.2, -0.15) is 0 Å². The Balaban J connectivity index is 2.31. The molecule has 0 N–H and O–H groups in total. The summed E-state index contributed by atoms with van der Waals surface area (Å²) in [6, 6.07) is 9.85. The van der Waals surface area contributed by atoms with Crippen LogP contribution in [0.15, 0.2) is 42.7 Å². The van der Waals surface area contributed by atoms with Crippen molar-refractivity contribution in [3.8, 4) is 5.75 Å². The van der Waals surface area contributed by atoms with Crippen molar-refractivity contribution in [2.75, 3.05) is 7.11 Å². The maximum absolute atomic E-state index is 5.58. The average molecular weight is 275 g/mol. The van der Waals surface area contributed by atoms with Gasteiger partial charge in [-0.05, 0) is 25.1 Å². The predicted octanol–water partition coefficient (Wildman–Crippen LogP) is 3.65. The lowest BCUT2D eigenvalue weighted by molar-refractivity contribution is 0.417. The number of para-hydroxylation sites is 2. The average Bonchev–Trinajstić information content (AvgIpc) is 2.54. The van der Waals surface area contributed by atoms with Gasteiger partial charge in [-0.1, -0.05) is 12.1 Å². The van der Waals surface area contributed by atoms with Gasteiger partial charge in [0.05, 0.1) is 29.2 Å². The van der Waals surface area contributed by atoms with Gasteiger partial charge in [0.2, 0.25) is 0 Å². The highest BCUT2D eigenvalue weighted by Gasteiger charge is 2.15. The molecule has 0 saturated heterocycles. The van der Waals surface area contributed by atoms with Crippen molar-refractivity contribution in [3.05, 3.63) is 48.3 Å². The molecule has 0 atom stereocenters. The van der Waals surface area contributed by atoms with Crippen molar-refractivity contribution in [1.82, 2.24) is 15.0 Å². The molecule has 4 aromatic rings. The van der Waals surface area contributed by atoms with Crippen molar-refractivity contribution in [1.29, 1.82) is 0 Å². The molecule has 0 aliphatic heterocycles. The molecule has 21 heavy (non-hydrogen) atoms. The van der Waals surface area contributed by atoms with E-state index in [0.29, 0.717) is 0 Å². The van der Waals surface area contributed by atoms with Crippen LogP contribution >= 0.6 is 0 Å². The molecular formula is C17H13N3O. The van der Waals surface area contributed by atoms with Gasteiger partial charge in [0.15, 0.2) is 0 Å². The van der Waals surface area contributed by atoms with Crippen LogP contribution in [0.2, 0.25) is 0 Å². The van der Waals surface area contributed by atoms with Gasteiger partial charge < -0.3 is 4.74 Å². The molecule has 0 aliphatic carbocycles. The largest absolute Gasteiger partial charge is 0.496 e. The number of rotatable bonds is 1. The molecule has 0 spiro atoms. The van der Waals surface area contributed by atoms with Gasteiger partial charge in [0.25, 0.3) is 0 Å². The van der Waals surface area contributed by atoms with Crippen LogP contribution in [0.4, 0.5) is 0 Å². The van der Waals surface area contributed by atoms with Crippen LogP contribution in [-0.2, 0) is 0 Å². The van der Waals surface area contributed by atoms with Crippen LogP contribution in [-0.4, -0.2) is 22.1 Å². The smallest absolute Gasteiger partial charge is 0.132 e. The number of pyridine rings is 1. The van der Waals surface area contributed by atoms with Gasteiger partial charge in [0, 0.05) is 28.7 Å². The Labute approximate surface area is 121 Å². The molecule has 0 aliphatic rings. The van der Waals surface area contributed by atoms with E-state index in [-0.39, 0.29) is 0 Å². The molecular weight excluding hydrogens is 262 g/mol. The topological polar surface area (TPSA) is 47.9 Å². The quantitative estimate of drug-likeness (QED) is 0.393. The number of ether oxygens (including phenoxy) is 1. The summed E-state index contributed by atoms with van der Waals surface area (Å²) >= 11 is 0. The molecule has 102 valence electrons. The fraction of sp³-hybridized carbons (Fsp3) is 0.118. The summed E-state index contributed by atoms with van der Waals surface area (Å²) in [5, 5.41) is 1.98. The Morgan fingerprint density at radius 1 is 0.905 bits per heavy atom. The molecule has 4 heteroatoms. The molecule has 2 aromatic heterocycles. The molecule has 0 saturated carbocycles. The minimum atomic E-state index is 0.837. The fourth-order valence-corrected chi connectivity index (χ4v) is 2.80. The summed E-state index contributed by atoms with van der Waals surface area (Å²) in [5.41, 5.74) is 4.52. The van der Waals surface area contributed by atoms with Crippen LogP contribution in [0.5, 0.6) is 5.75 Å². The zero-order valence-corrected chi connectivity index (χ0v) is 11.8. The van der Waals surface area contributed by atoms with Gasteiger partial charge >= 0.3 is 0 Å². The van der Waals surface area contributed by atoms with E-state index < -0.39 is 0 Å². The lowest BCUT2D eigenvalue weighted by atomic mass is 10.0. The molecule has 0 radical (unpaired) electrons. The van der Waals surface area contributed by atoms with E-state index in [1.807, 2.05) is 43.5 Å². The number of hydrogen-bond acceptors (Lipinski definition) is 4. The van der Waals surface area contributed by atoms with E-state index in [0.717, 1.165) is 44.2 Å². The molecule has 4 rings (SSSR count). The summed E-state index contributed by atoms with van der Waals surface area (Å²) in [6.07, 6.45) is 3.59. The van der Waals surface area contributed by atoms with Crippen molar-refractivity contribution >= 4 is 32.8 Å². The first-order chi connectivity index (χ1) is 10.3. The van der Waals surface area contributed by atoms with Crippen molar-refractivity contribution in [2.45, 2.75) is 6.92 Å². The third-order valence-corrected chi connectivity index (χ3v) is 3.79. The Kier molecular flexibility index (Phi) is 2.51. The minimum Gasteiger partial charge on any atom is -0.496 e. The Hall–Kier alpha value is -2.75. The lowest BCUT2D eigenvalue weighted by Crippen LogP contribution is -1.96. The number of nitrogens with zero attached hydrogens (tertiary/aromatic N) is 3. The van der Waals surface area contributed by atoms with Gasteiger partial charge in [-0.3, -0.25) is 4.98 Å². The SMILES string of the molecule is COc1c(C)c2nc3ccccc3nc2c2cnccc12. The van der Waals surface area contributed by atoms with E-state index in [2.05, 4.69) is 4.98 Å². The second kappa shape index (κ2) is 4.38. The van der Waals surface area contributed by atoms with Crippen molar-refractivity contribution in [2.24, 2.45) is 0 Å². The lowest BCUT2D eigenvalue weighted by Gasteiger charge is -2.12. The van der Waals surface area contributed by atoms with Gasteiger partial charge in [-0.25, -0.2) is 9.97 Å². The molecule has 4 nitrogen and oxygen atoms in total. The van der Waals surface area contributed by atoms with Crippen LogP contribution < -0.4 is 4.74 Å². The van der Waals surface area contributed by atoms with E-state index >= 15 is 0 Å². The summed E-state index contributed by atoms with van der Waals surface area (Å²) in [7, 11) is 1.68. The zero-order valence-electron chi connectivity index (χ0n) is 11.8. The second-order valence-corrected chi connectivity index (χ2v) is 4.99. The van der Waals surface area contributed by atoms with E-state index in [1.165, 1.54) is 0 Å². The van der Waals surface area contributed by atoms with E-state index in [1.54, 1.807) is 13.3 Å². The summed E-state index contributed by atoms with van der Waals surface area (Å²) in [5.74, 6) is 0.837. The summed E-state index contributed by atoms with van der Waals surface area (Å²) in [4.78, 5) is 13.8. The van der Waals surface area contributed by atoms with Crippen molar-refractivity contribution < 1.29 is 4.74 Å². The van der Waals surface area contributed by atoms with Crippen LogP contribution in [0.25, 0.3) is 32.8 Å².